The molecule has 1 fully saturated rings. The molecule has 7 nitrogen and oxygen atoms in total. The molecule has 0 saturated carbocycles. The number of rotatable bonds is 7. The third-order valence-electron chi connectivity index (χ3n) is 6.32. The molecule has 0 unspecified atom stereocenters. The molecule has 3 aromatic heterocycles. The van der Waals surface area contributed by atoms with Crippen LogP contribution in [0.1, 0.15) is 30.9 Å². The molecule has 1 saturated heterocycles. The fourth-order valence-corrected chi connectivity index (χ4v) is 8.04. The van der Waals surface area contributed by atoms with Crippen molar-refractivity contribution in [2.75, 3.05) is 18.0 Å². The Morgan fingerprint density at radius 1 is 1.14 bits per heavy atom. The van der Waals surface area contributed by atoms with Crippen LogP contribution in [0, 0.1) is 5.92 Å². The van der Waals surface area contributed by atoms with Gasteiger partial charge in [-0.1, -0.05) is 42.5 Å². The van der Waals surface area contributed by atoms with Crippen LogP contribution in [0.3, 0.4) is 0 Å². The summed E-state index contributed by atoms with van der Waals surface area (Å²) in [6.07, 6.45) is 5.32. The highest BCUT2D eigenvalue weighted by Crippen LogP contribution is 2.34. The number of aromatic nitrogens is 2. The summed E-state index contributed by atoms with van der Waals surface area (Å²) in [4.78, 5) is 24.7. The molecule has 0 bridgehead atoms. The van der Waals surface area contributed by atoms with E-state index < -0.39 is 10.0 Å². The molecule has 1 aromatic carbocycles. The molecular formula is C25H26N4O3S3. The average molecular weight is 527 g/mol. The highest BCUT2D eigenvalue weighted by atomic mass is 32.2. The second-order valence-corrected chi connectivity index (χ2v) is 12.6. The van der Waals surface area contributed by atoms with Gasteiger partial charge in [-0.3, -0.25) is 14.7 Å². The van der Waals surface area contributed by atoms with E-state index in [4.69, 9.17) is 4.98 Å². The Morgan fingerprint density at radius 3 is 2.66 bits per heavy atom. The molecule has 0 radical (unpaired) electrons. The standard InChI is InChI=1S/C25H26N4O3S3/c1-2-19-7-3-8-21-23(19)27-25(34-21)29(17-18-6-4-12-26-16-18)24(30)20-10-13-28(14-11-20)35(31,32)22-9-5-15-33-22/h3-9,12,15-16,20H,2,10-11,13-14,17H2,1H3. The molecule has 4 aromatic rings. The normalized spacial score (nSPS) is 15.5. The van der Waals surface area contributed by atoms with Gasteiger partial charge in [0.15, 0.2) is 5.13 Å². The van der Waals surface area contributed by atoms with Gasteiger partial charge in [-0.15, -0.1) is 11.3 Å². The first-order valence-corrected chi connectivity index (χ1v) is 14.7. The SMILES string of the molecule is CCc1cccc2sc(N(Cc3cccnc3)C(=O)C3CCN(S(=O)(=O)c4cccs4)CC3)nc12. The number of hydrogen-bond donors (Lipinski definition) is 0. The summed E-state index contributed by atoms with van der Waals surface area (Å²) in [5.41, 5.74) is 3.02. The molecule has 0 N–H and O–H groups in total. The minimum absolute atomic E-state index is 0.0147. The summed E-state index contributed by atoms with van der Waals surface area (Å²) in [5.74, 6) is -0.279. The fourth-order valence-electron chi connectivity index (χ4n) is 4.41. The van der Waals surface area contributed by atoms with Crippen molar-refractivity contribution >= 4 is 54.0 Å². The van der Waals surface area contributed by atoms with E-state index in [1.165, 1.54) is 27.0 Å². The largest absolute Gasteiger partial charge is 0.283 e. The van der Waals surface area contributed by atoms with Crippen LogP contribution in [-0.2, 0) is 27.8 Å². The van der Waals surface area contributed by atoms with E-state index in [-0.39, 0.29) is 11.8 Å². The van der Waals surface area contributed by atoms with Gasteiger partial charge in [0.2, 0.25) is 5.91 Å². The smallest absolute Gasteiger partial charge is 0.252 e. The number of carbonyl (C=O) groups excluding carboxylic acids is 1. The number of piperidine rings is 1. The number of amides is 1. The number of carbonyl (C=O) groups is 1. The fraction of sp³-hybridized carbons (Fsp3) is 0.320. The number of sulfonamides is 1. The summed E-state index contributed by atoms with van der Waals surface area (Å²) in [5, 5.41) is 2.44. The number of aryl methyl sites for hydroxylation is 1. The van der Waals surface area contributed by atoms with Crippen LogP contribution in [0.4, 0.5) is 5.13 Å². The van der Waals surface area contributed by atoms with Gasteiger partial charge in [-0.2, -0.15) is 4.31 Å². The molecule has 1 aliphatic rings. The number of pyridine rings is 1. The lowest BCUT2D eigenvalue weighted by atomic mass is 9.96. The Balaban J connectivity index is 1.40. The zero-order chi connectivity index (χ0) is 24.4. The molecular weight excluding hydrogens is 501 g/mol. The molecule has 1 aliphatic heterocycles. The summed E-state index contributed by atoms with van der Waals surface area (Å²) in [6, 6.07) is 13.3. The monoisotopic (exact) mass is 526 g/mol. The maximum atomic E-state index is 13.8. The molecule has 182 valence electrons. The Bertz CT molecular complexity index is 1410. The van der Waals surface area contributed by atoms with Crippen molar-refractivity contribution in [1.29, 1.82) is 0 Å². The van der Waals surface area contributed by atoms with Crippen molar-refractivity contribution in [3.63, 3.8) is 0 Å². The van der Waals surface area contributed by atoms with Crippen molar-refractivity contribution in [1.82, 2.24) is 14.3 Å². The molecule has 35 heavy (non-hydrogen) atoms. The summed E-state index contributed by atoms with van der Waals surface area (Å²) < 4.78 is 28.7. The molecule has 5 rings (SSSR count). The van der Waals surface area contributed by atoms with Crippen molar-refractivity contribution in [3.8, 4) is 0 Å². The molecule has 0 spiro atoms. The van der Waals surface area contributed by atoms with Crippen LogP contribution in [0.15, 0.2) is 64.4 Å². The van der Waals surface area contributed by atoms with Gasteiger partial charge in [0.05, 0.1) is 16.8 Å². The number of hydrogen-bond acceptors (Lipinski definition) is 7. The van der Waals surface area contributed by atoms with Crippen LogP contribution in [-0.4, -0.2) is 41.7 Å². The quantitative estimate of drug-likeness (QED) is 0.340. The van der Waals surface area contributed by atoms with Crippen LogP contribution in [0.25, 0.3) is 10.2 Å². The van der Waals surface area contributed by atoms with Crippen molar-refractivity contribution < 1.29 is 13.2 Å². The molecule has 0 aliphatic carbocycles. The minimum atomic E-state index is -3.51. The number of thiophene rings is 1. The number of nitrogens with zero attached hydrogens (tertiary/aromatic N) is 4. The van der Waals surface area contributed by atoms with Crippen LogP contribution < -0.4 is 4.90 Å². The Labute approximate surface area is 213 Å². The average Bonchev–Trinajstić information content (AvgIpc) is 3.58. The zero-order valence-corrected chi connectivity index (χ0v) is 21.8. The van der Waals surface area contributed by atoms with Gasteiger partial charge >= 0.3 is 0 Å². The van der Waals surface area contributed by atoms with Gasteiger partial charge in [-0.25, -0.2) is 13.4 Å². The van der Waals surface area contributed by atoms with Gasteiger partial charge < -0.3 is 0 Å². The number of fused-ring (bicyclic) bond motifs is 1. The lowest BCUT2D eigenvalue weighted by Crippen LogP contribution is -2.44. The predicted molar refractivity (Wildman–Crippen MR) is 140 cm³/mol. The van der Waals surface area contributed by atoms with E-state index in [2.05, 4.69) is 18.0 Å². The van der Waals surface area contributed by atoms with E-state index in [1.807, 2.05) is 24.3 Å². The Morgan fingerprint density at radius 2 is 1.97 bits per heavy atom. The molecule has 1 amide bonds. The highest BCUT2D eigenvalue weighted by Gasteiger charge is 2.35. The number of anilines is 1. The van der Waals surface area contributed by atoms with Gasteiger partial charge in [0.25, 0.3) is 10.0 Å². The first-order chi connectivity index (χ1) is 17.0. The van der Waals surface area contributed by atoms with E-state index in [0.717, 1.165) is 27.8 Å². The highest BCUT2D eigenvalue weighted by molar-refractivity contribution is 7.91. The number of thiazole rings is 1. The second-order valence-electron chi connectivity index (χ2n) is 8.51. The third-order valence-corrected chi connectivity index (χ3v) is 10.6. The number of benzene rings is 1. The van der Waals surface area contributed by atoms with E-state index in [9.17, 15) is 13.2 Å². The maximum absolute atomic E-state index is 13.8. The van der Waals surface area contributed by atoms with Gasteiger partial charge in [0.1, 0.15) is 4.21 Å². The lowest BCUT2D eigenvalue weighted by Gasteiger charge is -2.32. The Hall–Kier alpha value is -2.66. The van der Waals surface area contributed by atoms with Crippen molar-refractivity contribution in [3.05, 3.63) is 71.4 Å². The van der Waals surface area contributed by atoms with E-state index in [1.54, 1.807) is 34.8 Å². The topological polar surface area (TPSA) is 83.5 Å². The van der Waals surface area contributed by atoms with Crippen LogP contribution >= 0.6 is 22.7 Å². The lowest BCUT2D eigenvalue weighted by molar-refractivity contribution is -0.123. The molecule has 10 heteroatoms. The van der Waals surface area contributed by atoms with Gasteiger partial charge in [0, 0.05) is 31.4 Å². The summed E-state index contributed by atoms with van der Waals surface area (Å²) in [6.45, 7) is 3.14. The van der Waals surface area contributed by atoms with Gasteiger partial charge in [-0.05, 0) is 54.0 Å². The first-order valence-electron chi connectivity index (χ1n) is 11.6. The number of para-hydroxylation sites is 1. The van der Waals surface area contributed by atoms with E-state index in [0.29, 0.717) is 41.8 Å². The van der Waals surface area contributed by atoms with E-state index >= 15 is 0 Å². The summed E-state index contributed by atoms with van der Waals surface area (Å²) in [7, 11) is -3.51. The van der Waals surface area contributed by atoms with Crippen molar-refractivity contribution in [2.45, 2.75) is 36.9 Å². The van der Waals surface area contributed by atoms with Crippen molar-refractivity contribution in [2.24, 2.45) is 5.92 Å². The molecule has 4 heterocycles. The summed E-state index contributed by atoms with van der Waals surface area (Å²) >= 11 is 2.74. The zero-order valence-electron chi connectivity index (χ0n) is 19.3. The maximum Gasteiger partial charge on any atom is 0.252 e. The minimum Gasteiger partial charge on any atom is -0.283 e. The van der Waals surface area contributed by atoms with Crippen LogP contribution in [0.5, 0.6) is 0 Å². The first kappa shape index (κ1) is 24.1. The third kappa shape index (κ3) is 4.88. The predicted octanol–water partition coefficient (Wildman–Crippen LogP) is 4.95. The Kier molecular flexibility index (Phi) is 6.97. The van der Waals surface area contributed by atoms with Crippen LogP contribution in [0.2, 0.25) is 0 Å². The second kappa shape index (κ2) is 10.1. The molecule has 0 atom stereocenters.